The first-order valence-electron chi connectivity index (χ1n) is 4.99. The lowest BCUT2D eigenvalue weighted by atomic mass is 10.2. The number of nitrogens with zero attached hydrogens (tertiary/aromatic N) is 1. The Labute approximate surface area is 89.7 Å². The number of pyridine rings is 1. The number of esters is 1. The first kappa shape index (κ1) is 11.5. The van der Waals surface area contributed by atoms with Crippen molar-refractivity contribution in [1.82, 2.24) is 4.98 Å². The van der Waals surface area contributed by atoms with Crippen LogP contribution in [0.2, 0.25) is 0 Å². The minimum absolute atomic E-state index is 0.281. The highest BCUT2D eigenvalue weighted by Gasteiger charge is 2.13. The second-order valence-corrected chi connectivity index (χ2v) is 3.34. The number of carbonyl (C=O) groups is 1. The van der Waals surface area contributed by atoms with Crippen LogP contribution in [-0.4, -0.2) is 24.1 Å². The third-order valence-electron chi connectivity index (χ3n) is 2.21. The molecule has 0 saturated carbocycles. The van der Waals surface area contributed by atoms with Gasteiger partial charge >= 0.3 is 5.97 Å². The first-order valence-corrected chi connectivity index (χ1v) is 4.99. The number of carbonyl (C=O) groups excluding carboxylic acids is 1. The van der Waals surface area contributed by atoms with Crippen LogP contribution in [-0.2, 0) is 4.74 Å². The zero-order valence-electron chi connectivity index (χ0n) is 9.28. The van der Waals surface area contributed by atoms with Gasteiger partial charge in [-0.1, -0.05) is 6.92 Å². The van der Waals surface area contributed by atoms with Gasteiger partial charge in [0.1, 0.15) is 11.4 Å². The summed E-state index contributed by atoms with van der Waals surface area (Å²) in [4.78, 5) is 15.5. The predicted octanol–water partition coefficient (Wildman–Crippen LogP) is 2.08. The number of nitrogens with one attached hydrogen (secondary N) is 1. The maximum Gasteiger partial charge on any atom is 0.341 e. The second kappa shape index (κ2) is 5.34. The fourth-order valence-corrected chi connectivity index (χ4v) is 1.13. The monoisotopic (exact) mass is 208 g/mol. The lowest BCUT2D eigenvalue weighted by Gasteiger charge is -2.14. The van der Waals surface area contributed by atoms with E-state index in [-0.39, 0.29) is 12.0 Å². The molecule has 4 heteroatoms. The van der Waals surface area contributed by atoms with E-state index in [0.717, 1.165) is 6.42 Å². The molecule has 1 unspecified atom stereocenters. The van der Waals surface area contributed by atoms with Crippen molar-refractivity contribution in [2.24, 2.45) is 0 Å². The molecule has 1 atom stereocenters. The molecule has 0 aliphatic rings. The summed E-state index contributed by atoms with van der Waals surface area (Å²) in [6.45, 7) is 4.11. The second-order valence-electron chi connectivity index (χ2n) is 3.34. The Balaban J connectivity index is 2.91. The number of methoxy groups -OCH3 is 1. The van der Waals surface area contributed by atoms with Crippen LogP contribution in [0.4, 0.5) is 5.82 Å². The highest BCUT2D eigenvalue weighted by atomic mass is 16.5. The summed E-state index contributed by atoms with van der Waals surface area (Å²) in [7, 11) is 1.36. The van der Waals surface area contributed by atoms with E-state index in [1.165, 1.54) is 7.11 Å². The predicted molar refractivity (Wildman–Crippen MR) is 59.0 cm³/mol. The molecule has 0 bridgehead atoms. The van der Waals surface area contributed by atoms with Gasteiger partial charge in [-0.15, -0.1) is 0 Å². The Morgan fingerprint density at radius 2 is 2.40 bits per heavy atom. The van der Waals surface area contributed by atoms with Crippen molar-refractivity contribution < 1.29 is 9.53 Å². The van der Waals surface area contributed by atoms with Gasteiger partial charge in [-0.05, 0) is 25.5 Å². The summed E-state index contributed by atoms with van der Waals surface area (Å²) in [5, 5.41) is 3.16. The molecule has 1 N–H and O–H groups in total. The molecular weight excluding hydrogens is 192 g/mol. The number of hydrogen-bond donors (Lipinski definition) is 1. The van der Waals surface area contributed by atoms with Gasteiger partial charge in [-0.25, -0.2) is 9.78 Å². The summed E-state index contributed by atoms with van der Waals surface area (Å²) in [5.41, 5.74) is 0.473. The van der Waals surface area contributed by atoms with E-state index in [4.69, 9.17) is 0 Å². The molecular formula is C11H16N2O2. The van der Waals surface area contributed by atoms with Crippen molar-refractivity contribution in [3.63, 3.8) is 0 Å². The number of ether oxygens (including phenoxy) is 1. The van der Waals surface area contributed by atoms with E-state index in [1.807, 2.05) is 6.92 Å². The van der Waals surface area contributed by atoms with Crippen LogP contribution in [0, 0.1) is 0 Å². The topological polar surface area (TPSA) is 51.2 Å². The van der Waals surface area contributed by atoms with Gasteiger partial charge in [-0.2, -0.15) is 0 Å². The van der Waals surface area contributed by atoms with Crippen molar-refractivity contribution >= 4 is 11.8 Å². The Morgan fingerprint density at radius 3 is 3.00 bits per heavy atom. The fourth-order valence-electron chi connectivity index (χ4n) is 1.13. The van der Waals surface area contributed by atoms with E-state index < -0.39 is 0 Å². The lowest BCUT2D eigenvalue weighted by Crippen LogP contribution is -2.17. The summed E-state index contributed by atoms with van der Waals surface area (Å²) < 4.78 is 4.67. The molecule has 1 aromatic heterocycles. The van der Waals surface area contributed by atoms with Crippen molar-refractivity contribution in [2.75, 3.05) is 12.4 Å². The van der Waals surface area contributed by atoms with Gasteiger partial charge < -0.3 is 10.1 Å². The highest BCUT2D eigenvalue weighted by molar-refractivity contribution is 5.94. The molecule has 0 radical (unpaired) electrons. The van der Waals surface area contributed by atoms with Crippen LogP contribution in [0.3, 0.4) is 0 Å². The van der Waals surface area contributed by atoms with E-state index in [2.05, 4.69) is 22.0 Å². The molecule has 0 aliphatic carbocycles. The molecule has 4 nitrogen and oxygen atoms in total. The number of aromatic nitrogens is 1. The van der Waals surface area contributed by atoms with Crippen molar-refractivity contribution in [3.8, 4) is 0 Å². The lowest BCUT2D eigenvalue weighted by molar-refractivity contribution is 0.0601. The molecule has 0 fully saturated rings. The minimum Gasteiger partial charge on any atom is -0.465 e. The van der Waals surface area contributed by atoms with Crippen molar-refractivity contribution in [3.05, 3.63) is 23.9 Å². The minimum atomic E-state index is -0.367. The maximum absolute atomic E-state index is 11.4. The summed E-state index contributed by atoms with van der Waals surface area (Å²) >= 11 is 0. The smallest absolute Gasteiger partial charge is 0.341 e. The molecule has 82 valence electrons. The highest BCUT2D eigenvalue weighted by Crippen LogP contribution is 2.14. The Morgan fingerprint density at radius 1 is 1.67 bits per heavy atom. The van der Waals surface area contributed by atoms with Crippen molar-refractivity contribution in [2.45, 2.75) is 26.3 Å². The normalized spacial score (nSPS) is 11.9. The number of anilines is 1. The van der Waals surface area contributed by atoms with Crippen LogP contribution in [0.15, 0.2) is 18.3 Å². The summed E-state index contributed by atoms with van der Waals surface area (Å²) in [5.74, 6) is 0.215. The van der Waals surface area contributed by atoms with E-state index >= 15 is 0 Å². The van der Waals surface area contributed by atoms with E-state index in [9.17, 15) is 4.79 Å². The molecule has 15 heavy (non-hydrogen) atoms. The van der Waals surface area contributed by atoms with E-state index in [0.29, 0.717) is 11.4 Å². The van der Waals surface area contributed by atoms with Gasteiger partial charge in [-0.3, -0.25) is 0 Å². The largest absolute Gasteiger partial charge is 0.465 e. The Bertz CT molecular complexity index is 339. The third kappa shape index (κ3) is 2.94. The molecule has 0 aromatic carbocycles. The molecule has 1 rings (SSSR count). The number of hydrogen-bond acceptors (Lipinski definition) is 4. The molecule has 0 aliphatic heterocycles. The maximum atomic E-state index is 11.4. The fraction of sp³-hybridized carbons (Fsp3) is 0.455. The molecule has 0 spiro atoms. The van der Waals surface area contributed by atoms with Crippen LogP contribution < -0.4 is 5.32 Å². The van der Waals surface area contributed by atoms with Gasteiger partial charge in [0, 0.05) is 12.2 Å². The SMILES string of the molecule is CCC(C)Nc1ncccc1C(=O)OC. The van der Waals surface area contributed by atoms with Gasteiger partial charge in [0.15, 0.2) is 0 Å². The van der Waals surface area contributed by atoms with Crippen LogP contribution in [0.1, 0.15) is 30.6 Å². The molecule has 0 saturated heterocycles. The zero-order valence-corrected chi connectivity index (χ0v) is 9.28. The summed E-state index contributed by atoms with van der Waals surface area (Å²) in [6.07, 6.45) is 2.62. The molecule has 0 amide bonds. The van der Waals surface area contributed by atoms with Gasteiger partial charge in [0.2, 0.25) is 0 Å². The van der Waals surface area contributed by atoms with Gasteiger partial charge in [0.05, 0.1) is 7.11 Å². The average Bonchev–Trinajstić information content (AvgIpc) is 2.28. The number of rotatable bonds is 4. The first-order chi connectivity index (χ1) is 7.19. The quantitative estimate of drug-likeness (QED) is 0.770. The van der Waals surface area contributed by atoms with E-state index in [1.54, 1.807) is 18.3 Å². The van der Waals surface area contributed by atoms with Crippen LogP contribution in [0.25, 0.3) is 0 Å². The molecule has 1 aromatic rings. The zero-order chi connectivity index (χ0) is 11.3. The average molecular weight is 208 g/mol. The standard InChI is InChI=1S/C11H16N2O2/c1-4-8(2)13-10-9(11(14)15-3)6-5-7-12-10/h5-8H,4H2,1-3H3,(H,12,13). The van der Waals surface area contributed by atoms with Crippen molar-refractivity contribution in [1.29, 1.82) is 0 Å². The van der Waals surface area contributed by atoms with Crippen LogP contribution in [0.5, 0.6) is 0 Å². The van der Waals surface area contributed by atoms with Crippen LogP contribution >= 0.6 is 0 Å². The Hall–Kier alpha value is -1.58. The third-order valence-corrected chi connectivity index (χ3v) is 2.21. The van der Waals surface area contributed by atoms with Gasteiger partial charge in [0.25, 0.3) is 0 Å². The Kier molecular flexibility index (Phi) is 4.09. The summed E-state index contributed by atoms with van der Waals surface area (Å²) in [6, 6.07) is 3.70. The molecule has 1 heterocycles.